The number of carboxylic acids is 1. The number of likely N-dealkylation sites (tertiary alicyclic amines) is 1. The molecule has 0 unspecified atom stereocenters. The molecule has 0 aromatic heterocycles. The van der Waals surface area contributed by atoms with Crippen molar-refractivity contribution in [3.63, 3.8) is 0 Å². The summed E-state index contributed by atoms with van der Waals surface area (Å²) in [5, 5.41) is 8.76. The molecular formula is C11H20N2O2. The number of nitrogens with zero attached hydrogens (tertiary/aromatic N) is 2. The molecule has 4 nitrogen and oxygen atoms in total. The van der Waals surface area contributed by atoms with E-state index in [-0.39, 0.29) is 6.54 Å². The van der Waals surface area contributed by atoms with Gasteiger partial charge in [0.2, 0.25) is 0 Å². The molecule has 1 saturated heterocycles. The van der Waals surface area contributed by atoms with Crippen molar-refractivity contribution >= 4 is 5.97 Å². The van der Waals surface area contributed by atoms with E-state index in [0.29, 0.717) is 6.04 Å². The Balaban J connectivity index is 1.83. The minimum atomic E-state index is -0.704. The zero-order chi connectivity index (χ0) is 10.8. The number of carboxylic acid groups (broad SMARTS) is 1. The van der Waals surface area contributed by atoms with Gasteiger partial charge in [0.1, 0.15) is 0 Å². The molecule has 1 saturated carbocycles. The van der Waals surface area contributed by atoms with E-state index >= 15 is 0 Å². The summed E-state index contributed by atoms with van der Waals surface area (Å²) in [5.74, 6) is -0.704. The van der Waals surface area contributed by atoms with Gasteiger partial charge in [-0.25, -0.2) is 0 Å². The van der Waals surface area contributed by atoms with Crippen molar-refractivity contribution in [1.82, 2.24) is 9.80 Å². The van der Waals surface area contributed by atoms with Crippen molar-refractivity contribution in [3.8, 4) is 0 Å². The highest BCUT2D eigenvalue weighted by Crippen LogP contribution is 2.29. The Labute approximate surface area is 90.9 Å². The van der Waals surface area contributed by atoms with Gasteiger partial charge in [0.05, 0.1) is 6.54 Å². The highest BCUT2D eigenvalue weighted by molar-refractivity contribution is 5.69. The normalized spacial score (nSPS) is 28.3. The summed E-state index contributed by atoms with van der Waals surface area (Å²) < 4.78 is 0. The molecule has 2 rings (SSSR count). The van der Waals surface area contributed by atoms with Crippen LogP contribution in [0.1, 0.15) is 25.7 Å². The molecule has 1 atom stereocenters. The van der Waals surface area contributed by atoms with Gasteiger partial charge in [-0.1, -0.05) is 0 Å². The molecule has 1 N–H and O–H groups in total. The molecule has 0 aromatic carbocycles. The number of piperidine rings is 1. The predicted molar refractivity (Wildman–Crippen MR) is 57.9 cm³/mol. The maximum absolute atomic E-state index is 10.6. The number of rotatable bonds is 4. The highest BCUT2D eigenvalue weighted by Gasteiger charge is 2.33. The number of likely N-dealkylation sites (N-methyl/N-ethyl adjacent to an activating group) is 1. The van der Waals surface area contributed by atoms with Crippen molar-refractivity contribution in [3.05, 3.63) is 0 Å². The minimum absolute atomic E-state index is 0.203. The summed E-state index contributed by atoms with van der Waals surface area (Å²) in [4.78, 5) is 15.2. The number of hydrogen-bond donors (Lipinski definition) is 1. The van der Waals surface area contributed by atoms with Gasteiger partial charge in [0, 0.05) is 18.6 Å². The molecule has 0 amide bonds. The fourth-order valence-corrected chi connectivity index (χ4v) is 2.48. The van der Waals surface area contributed by atoms with Crippen LogP contribution in [0.5, 0.6) is 0 Å². The smallest absolute Gasteiger partial charge is 0.317 e. The molecule has 0 spiro atoms. The van der Waals surface area contributed by atoms with Crippen LogP contribution in [0.3, 0.4) is 0 Å². The standard InChI is InChI=1S/C11H20N2O2/c1-12(9-4-5-9)10-3-2-6-13(7-10)8-11(14)15/h9-10H,2-8H2,1H3,(H,14,15)/t10-/m1/s1. The Kier molecular flexibility index (Phi) is 3.26. The summed E-state index contributed by atoms with van der Waals surface area (Å²) in [6, 6.07) is 1.35. The van der Waals surface area contributed by atoms with Crippen LogP contribution in [-0.4, -0.2) is 59.6 Å². The van der Waals surface area contributed by atoms with Crippen LogP contribution in [0.4, 0.5) is 0 Å². The van der Waals surface area contributed by atoms with Gasteiger partial charge in [-0.2, -0.15) is 0 Å². The fraction of sp³-hybridized carbons (Fsp3) is 0.909. The second-order valence-electron chi connectivity index (χ2n) is 4.82. The SMILES string of the molecule is CN(C1CC1)[C@@H]1CCCN(CC(=O)O)C1. The lowest BCUT2D eigenvalue weighted by Gasteiger charge is -2.37. The van der Waals surface area contributed by atoms with E-state index in [4.69, 9.17) is 5.11 Å². The molecule has 2 aliphatic rings. The Hall–Kier alpha value is -0.610. The number of hydrogen-bond acceptors (Lipinski definition) is 3. The Morgan fingerprint density at radius 3 is 2.73 bits per heavy atom. The second-order valence-corrected chi connectivity index (χ2v) is 4.82. The number of aliphatic carboxylic acids is 1. The van der Waals surface area contributed by atoms with Crippen molar-refractivity contribution in [1.29, 1.82) is 0 Å². The van der Waals surface area contributed by atoms with Crippen molar-refractivity contribution in [2.24, 2.45) is 0 Å². The molecule has 4 heteroatoms. The van der Waals surface area contributed by atoms with Crippen molar-refractivity contribution < 1.29 is 9.90 Å². The fourth-order valence-electron chi connectivity index (χ4n) is 2.48. The lowest BCUT2D eigenvalue weighted by atomic mass is 10.0. The van der Waals surface area contributed by atoms with Crippen LogP contribution < -0.4 is 0 Å². The quantitative estimate of drug-likeness (QED) is 0.742. The van der Waals surface area contributed by atoms with E-state index < -0.39 is 5.97 Å². The molecular weight excluding hydrogens is 192 g/mol. The van der Waals surface area contributed by atoms with E-state index in [1.165, 1.54) is 19.3 Å². The van der Waals surface area contributed by atoms with Gasteiger partial charge in [0.15, 0.2) is 0 Å². The summed E-state index contributed by atoms with van der Waals surface area (Å²) in [6.07, 6.45) is 5.01. The predicted octanol–water partition coefficient (Wildman–Crippen LogP) is 0.630. The minimum Gasteiger partial charge on any atom is -0.480 e. The van der Waals surface area contributed by atoms with E-state index in [9.17, 15) is 4.79 Å². The Morgan fingerprint density at radius 1 is 1.40 bits per heavy atom. The lowest BCUT2D eigenvalue weighted by molar-refractivity contribution is -0.138. The zero-order valence-corrected chi connectivity index (χ0v) is 9.35. The average Bonchev–Trinajstić information content (AvgIpc) is 2.99. The molecule has 0 radical (unpaired) electrons. The van der Waals surface area contributed by atoms with E-state index in [1.807, 2.05) is 0 Å². The summed E-state index contributed by atoms with van der Waals surface area (Å²) in [6.45, 7) is 2.08. The number of carbonyl (C=O) groups is 1. The maximum Gasteiger partial charge on any atom is 0.317 e. The van der Waals surface area contributed by atoms with E-state index in [0.717, 1.165) is 25.6 Å². The van der Waals surface area contributed by atoms with Gasteiger partial charge in [-0.05, 0) is 39.3 Å². The van der Waals surface area contributed by atoms with Crippen molar-refractivity contribution in [2.45, 2.75) is 37.8 Å². The van der Waals surface area contributed by atoms with Crippen LogP contribution in [0.25, 0.3) is 0 Å². The largest absolute Gasteiger partial charge is 0.480 e. The third kappa shape index (κ3) is 2.92. The van der Waals surface area contributed by atoms with Crippen LogP contribution in [0.2, 0.25) is 0 Å². The Morgan fingerprint density at radius 2 is 2.13 bits per heavy atom. The van der Waals surface area contributed by atoms with Gasteiger partial charge < -0.3 is 5.11 Å². The lowest BCUT2D eigenvalue weighted by Crippen LogP contribution is -2.48. The summed E-state index contributed by atoms with van der Waals surface area (Å²) in [5.41, 5.74) is 0. The van der Waals surface area contributed by atoms with Gasteiger partial charge >= 0.3 is 5.97 Å². The highest BCUT2D eigenvalue weighted by atomic mass is 16.4. The van der Waals surface area contributed by atoms with Crippen LogP contribution in [0, 0.1) is 0 Å². The monoisotopic (exact) mass is 212 g/mol. The molecule has 1 heterocycles. The zero-order valence-electron chi connectivity index (χ0n) is 9.35. The molecule has 1 aliphatic carbocycles. The Bertz CT molecular complexity index is 241. The first-order valence-electron chi connectivity index (χ1n) is 5.83. The van der Waals surface area contributed by atoms with Gasteiger partial charge in [-0.3, -0.25) is 14.6 Å². The third-order valence-electron chi connectivity index (χ3n) is 3.54. The molecule has 0 bridgehead atoms. The van der Waals surface area contributed by atoms with E-state index in [2.05, 4.69) is 16.8 Å². The van der Waals surface area contributed by atoms with Crippen LogP contribution in [-0.2, 0) is 4.79 Å². The first-order valence-corrected chi connectivity index (χ1v) is 5.83. The van der Waals surface area contributed by atoms with E-state index in [1.54, 1.807) is 0 Å². The molecule has 2 fully saturated rings. The first-order chi connectivity index (χ1) is 7.16. The first kappa shape index (κ1) is 10.9. The average molecular weight is 212 g/mol. The van der Waals surface area contributed by atoms with Crippen LogP contribution >= 0.6 is 0 Å². The molecule has 15 heavy (non-hydrogen) atoms. The van der Waals surface area contributed by atoms with Crippen LogP contribution in [0.15, 0.2) is 0 Å². The summed E-state index contributed by atoms with van der Waals surface area (Å²) >= 11 is 0. The molecule has 1 aliphatic heterocycles. The second kappa shape index (κ2) is 4.49. The third-order valence-corrected chi connectivity index (χ3v) is 3.54. The molecule has 0 aromatic rings. The van der Waals surface area contributed by atoms with Gasteiger partial charge in [-0.15, -0.1) is 0 Å². The maximum atomic E-state index is 10.6. The topological polar surface area (TPSA) is 43.8 Å². The van der Waals surface area contributed by atoms with Crippen molar-refractivity contribution in [2.75, 3.05) is 26.7 Å². The summed E-state index contributed by atoms with van der Waals surface area (Å²) in [7, 11) is 2.19. The van der Waals surface area contributed by atoms with Gasteiger partial charge in [0.25, 0.3) is 0 Å². The molecule has 86 valence electrons.